The Hall–Kier alpha value is -2.43. The van der Waals surface area contributed by atoms with E-state index in [1.165, 1.54) is 0 Å². The van der Waals surface area contributed by atoms with Crippen molar-refractivity contribution in [3.8, 4) is 5.69 Å². The number of hydrogen-bond donors (Lipinski definition) is 1. The summed E-state index contributed by atoms with van der Waals surface area (Å²) in [5.41, 5.74) is -2.62. The van der Waals surface area contributed by atoms with Gasteiger partial charge in [-0.2, -0.15) is 18.3 Å². The van der Waals surface area contributed by atoms with Gasteiger partial charge in [0.2, 0.25) is 0 Å². The molecule has 0 spiro atoms. The van der Waals surface area contributed by atoms with Crippen LogP contribution in [0.5, 0.6) is 0 Å². The Morgan fingerprint density at radius 3 is 2.50 bits per heavy atom. The van der Waals surface area contributed by atoms with Crippen molar-refractivity contribution in [3.63, 3.8) is 0 Å². The molecule has 1 aromatic carbocycles. The number of aromatic carboxylic acids is 1. The van der Waals surface area contributed by atoms with Crippen molar-refractivity contribution < 1.29 is 28.0 Å². The fourth-order valence-electron chi connectivity index (χ4n) is 1.67. The molecule has 2 aromatic rings. The number of carbonyl (C=O) groups is 1. The molecule has 7 nitrogen and oxygen atoms in total. The first kappa shape index (κ1) is 15.9. The van der Waals surface area contributed by atoms with Crippen LogP contribution in [-0.4, -0.2) is 25.8 Å². The number of benzene rings is 1. The smallest absolute Gasteiger partial charge is 0.416 e. The van der Waals surface area contributed by atoms with Crippen molar-refractivity contribution in [3.05, 3.63) is 50.2 Å². The number of carboxylic acids is 1. The second kappa shape index (κ2) is 5.40. The van der Waals surface area contributed by atoms with E-state index >= 15 is 0 Å². The second-order valence-electron chi connectivity index (χ2n) is 4.02. The Bertz CT molecular complexity index is 772. The third-order valence-corrected chi connectivity index (χ3v) is 3.43. The molecule has 0 aliphatic rings. The third kappa shape index (κ3) is 2.79. The molecule has 0 saturated heterocycles. The van der Waals surface area contributed by atoms with Crippen molar-refractivity contribution in [1.82, 2.24) is 9.78 Å². The lowest BCUT2D eigenvalue weighted by molar-refractivity contribution is -0.384. The number of hydrogen-bond acceptors (Lipinski definition) is 4. The molecule has 0 bridgehead atoms. The van der Waals surface area contributed by atoms with Crippen LogP contribution in [0.1, 0.15) is 15.9 Å². The van der Waals surface area contributed by atoms with Gasteiger partial charge in [0.15, 0.2) is 0 Å². The normalized spacial score (nSPS) is 11.5. The predicted molar refractivity (Wildman–Crippen MR) is 69.9 cm³/mol. The number of rotatable bonds is 3. The van der Waals surface area contributed by atoms with Crippen molar-refractivity contribution in [2.24, 2.45) is 0 Å². The molecule has 2 rings (SSSR count). The van der Waals surface area contributed by atoms with Gasteiger partial charge < -0.3 is 5.11 Å². The lowest BCUT2D eigenvalue weighted by Gasteiger charge is -2.09. The average molecular weight is 380 g/mol. The topological polar surface area (TPSA) is 98.3 Å². The van der Waals surface area contributed by atoms with Crippen LogP contribution in [0.2, 0.25) is 0 Å². The van der Waals surface area contributed by atoms with Gasteiger partial charge in [-0.15, -0.1) is 0 Å². The molecule has 0 saturated carbocycles. The van der Waals surface area contributed by atoms with Gasteiger partial charge in [0.25, 0.3) is 5.69 Å². The summed E-state index contributed by atoms with van der Waals surface area (Å²) in [7, 11) is 0. The summed E-state index contributed by atoms with van der Waals surface area (Å²) in [6.45, 7) is 0. The van der Waals surface area contributed by atoms with E-state index in [9.17, 15) is 28.1 Å². The standard InChI is InChI=1S/C11H5BrF3N3O4/c12-9-6(10(19)20)4-16-17(9)7-2-1-5(11(13,14)15)3-8(7)18(21)22/h1-4H,(H,19,20). The van der Waals surface area contributed by atoms with Crippen molar-refractivity contribution >= 4 is 27.6 Å². The maximum Gasteiger partial charge on any atom is 0.416 e. The van der Waals surface area contributed by atoms with E-state index < -0.39 is 28.3 Å². The minimum absolute atomic E-state index is 0.122. The van der Waals surface area contributed by atoms with Crippen LogP contribution in [0.3, 0.4) is 0 Å². The van der Waals surface area contributed by atoms with E-state index in [4.69, 9.17) is 5.11 Å². The molecule has 0 aliphatic carbocycles. The van der Waals surface area contributed by atoms with E-state index in [-0.39, 0.29) is 15.9 Å². The summed E-state index contributed by atoms with van der Waals surface area (Å²) >= 11 is 2.90. The molecule has 1 heterocycles. The van der Waals surface area contributed by atoms with Crippen LogP contribution in [0.4, 0.5) is 18.9 Å². The number of nitrogens with zero attached hydrogens (tertiary/aromatic N) is 3. The zero-order valence-electron chi connectivity index (χ0n) is 10.3. The molecule has 0 amide bonds. The van der Waals surface area contributed by atoms with Gasteiger partial charge >= 0.3 is 12.1 Å². The Balaban J connectivity index is 2.66. The van der Waals surface area contributed by atoms with E-state index in [0.29, 0.717) is 12.1 Å². The van der Waals surface area contributed by atoms with Gasteiger partial charge in [0.05, 0.1) is 16.7 Å². The van der Waals surface area contributed by atoms with Crippen molar-refractivity contribution in [2.45, 2.75) is 6.18 Å². The van der Waals surface area contributed by atoms with E-state index in [1.807, 2.05) is 0 Å². The van der Waals surface area contributed by atoms with Crippen molar-refractivity contribution in [1.29, 1.82) is 0 Å². The largest absolute Gasteiger partial charge is 0.478 e. The zero-order valence-corrected chi connectivity index (χ0v) is 11.9. The van der Waals surface area contributed by atoms with Gasteiger partial charge in [-0.1, -0.05) is 0 Å². The van der Waals surface area contributed by atoms with Crippen LogP contribution < -0.4 is 0 Å². The fourth-order valence-corrected chi connectivity index (χ4v) is 2.22. The first-order valence-corrected chi connectivity index (χ1v) is 6.25. The van der Waals surface area contributed by atoms with Gasteiger partial charge in [-0.3, -0.25) is 10.1 Å². The minimum Gasteiger partial charge on any atom is -0.478 e. The van der Waals surface area contributed by atoms with Crippen LogP contribution in [0.25, 0.3) is 5.69 Å². The van der Waals surface area contributed by atoms with Gasteiger partial charge in [-0.05, 0) is 28.1 Å². The number of carboxylic acid groups (broad SMARTS) is 1. The summed E-state index contributed by atoms with van der Waals surface area (Å²) in [6, 6.07) is 1.87. The van der Waals surface area contributed by atoms with E-state index in [2.05, 4.69) is 21.0 Å². The summed E-state index contributed by atoms with van der Waals surface area (Å²) < 4.78 is 38.6. The summed E-state index contributed by atoms with van der Waals surface area (Å²) in [4.78, 5) is 20.9. The highest BCUT2D eigenvalue weighted by Gasteiger charge is 2.33. The molecule has 0 aliphatic heterocycles. The number of nitro benzene ring substituents is 1. The molecule has 0 fully saturated rings. The molecule has 11 heteroatoms. The van der Waals surface area contributed by atoms with Gasteiger partial charge in [0.1, 0.15) is 15.9 Å². The van der Waals surface area contributed by atoms with Gasteiger partial charge in [-0.25, -0.2) is 9.48 Å². The minimum atomic E-state index is -4.74. The Morgan fingerprint density at radius 2 is 2.05 bits per heavy atom. The fraction of sp³-hybridized carbons (Fsp3) is 0.0909. The van der Waals surface area contributed by atoms with Gasteiger partial charge in [0, 0.05) is 6.07 Å². The first-order valence-electron chi connectivity index (χ1n) is 5.45. The molecular weight excluding hydrogens is 375 g/mol. The number of alkyl halides is 3. The highest BCUT2D eigenvalue weighted by molar-refractivity contribution is 9.10. The highest BCUT2D eigenvalue weighted by Crippen LogP contribution is 2.35. The summed E-state index contributed by atoms with van der Waals surface area (Å²) in [5.74, 6) is -1.34. The van der Waals surface area contributed by atoms with E-state index in [0.717, 1.165) is 16.9 Å². The molecule has 22 heavy (non-hydrogen) atoms. The molecular formula is C11H5BrF3N3O4. The summed E-state index contributed by atoms with van der Waals surface area (Å²) in [5, 5.41) is 23.5. The van der Waals surface area contributed by atoms with Crippen LogP contribution in [0, 0.1) is 10.1 Å². The van der Waals surface area contributed by atoms with Crippen LogP contribution in [0.15, 0.2) is 29.0 Å². The lowest BCUT2D eigenvalue weighted by atomic mass is 10.1. The Labute approximate surface area is 128 Å². The maximum atomic E-state index is 12.6. The number of halogens is 4. The van der Waals surface area contributed by atoms with E-state index in [1.54, 1.807) is 0 Å². The SMILES string of the molecule is O=C(O)c1cnn(-c2ccc(C(F)(F)F)cc2[N+](=O)[O-])c1Br. The Morgan fingerprint density at radius 1 is 1.41 bits per heavy atom. The molecule has 1 aromatic heterocycles. The average Bonchev–Trinajstić information content (AvgIpc) is 2.78. The van der Waals surface area contributed by atoms with Crippen LogP contribution >= 0.6 is 15.9 Å². The Kier molecular flexibility index (Phi) is 3.92. The van der Waals surface area contributed by atoms with Crippen LogP contribution in [-0.2, 0) is 6.18 Å². The zero-order chi connectivity index (χ0) is 16.7. The maximum absolute atomic E-state index is 12.6. The number of nitro groups is 1. The predicted octanol–water partition coefficient (Wildman–Crippen LogP) is 3.26. The molecule has 0 radical (unpaired) electrons. The lowest BCUT2D eigenvalue weighted by Crippen LogP contribution is -2.08. The quantitative estimate of drug-likeness (QED) is 0.651. The molecule has 0 unspecified atom stereocenters. The van der Waals surface area contributed by atoms with Crippen molar-refractivity contribution in [2.75, 3.05) is 0 Å². The highest BCUT2D eigenvalue weighted by atomic mass is 79.9. The second-order valence-corrected chi connectivity index (χ2v) is 4.78. The number of aromatic nitrogens is 2. The first-order chi connectivity index (χ1) is 10.1. The third-order valence-electron chi connectivity index (χ3n) is 2.67. The molecule has 116 valence electrons. The molecule has 0 atom stereocenters. The molecule has 1 N–H and O–H groups in total. The summed E-state index contributed by atoms with van der Waals surface area (Å²) in [6.07, 6.45) is -3.81. The monoisotopic (exact) mass is 379 g/mol.